The van der Waals surface area contributed by atoms with Crippen molar-refractivity contribution in [3.8, 4) is 0 Å². The molecule has 0 aromatic heterocycles. The third-order valence-corrected chi connectivity index (χ3v) is 5.05. The highest BCUT2D eigenvalue weighted by molar-refractivity contribution is 5.85. The van der Waals surface area contributed by atoms with Crippen LogP contribution in [-0.2, 0) is 11.2 Å². The van der Waals surface area contributed by atoms with Crippen molar-refractivity contribution in [3.63, 3.8) is 0 Å². The first kappa shape index (κ1) is 18.2. The largest absolute Gasteiger partial charge is 0.341 e. The molecular weight excluding hydrogens is 310 g/mol. The lowest BCUT2D eigenvalue weighted by atomic mass is 10.0. The number of carbonyl (C=O) groups is 1. The molecule has 23 heavy (non-hydrogen) atoms. The summed E-state index contributed by atoms with van der Waals surface area (Å²) in [6.45, 7) is 8.38. The Morgan fingerprint density at radius 2 is 1.96 bits per heavy atom. The van der Waals surface area contributed by atoms with E-state index in [1.165, 1.54) is 11.1 Å². The zero-order valence-electron chi connectivity index (χ0n) is 14.0. The normalized spacial score (nSPS) is 22.0. The zero-order valence-corrected chi connectivity index (χ0v) is 14.8. The van der Waals surface area contributed by atoms with Crippen molar-refractivity contribution in [3.05, 3.63) is 35.4 Å². The Bertz CT molecular complexity index is 517. The van der Waals surface area contributed by atoms with Crippen LogP contribution in [0.15, 0.2) is 24.3 Å². The number of hydrogen-bond acceptors (Lipinski definition) is 3. The second-order valence-electron chi connectivity index (χ2n) is 6.49. The summed E-state index contributed by atoms with van der Waals surface area (Å²) in [6, 6.07) is 8.94. The molecule has 2 heterocycles. The van der Waals surface area contributed by atoms with Gasteiger partial charge in [0.2, 0.25) is 5.91 Å². The number of piperazine rings is 1. The van der Waals surface area contributed by atoms with Gasteiger partial charge in [0.25, 0.3) is 0 Å². The average molecular weight is 338 g/mol. The predicted molar refractivity (Wildman–Crippen MR) is 96.2 cm³/mol. The number of rotatable bonds is 4. The van der Waals surface area contributed by atoms with E-state index in [4.69, 9.17) is 0 Å². The second kappa shape index (κ2) is 8.67. The Labute approximate surface area is 145 Å². The van der Waals surface area contributed by atoms with Crippen molar-refractivity contribution < 1.29 is 4.79 Å². The third-order valence-electron chi connectivity index (χ3n) is 5.05. The fourth-order valence-corrected chi connectivity index (χ4v) is 3.60. The highest BCUT2D eigenvalue weighted by Crippen LogP contribution is 2.18. The van der Waals surface area contributed by atoms with E-state index < -0.39 is 0 Å². The van der Waals surface area contributed by atoms with E-state index in [0.29, 0.717) is 18.4 Å². The third kappa shape index (κ3) is 4.69. The number of hydrogen-bond donors (Lipinski definition) is 1. The molecule has 3 rings (SSSR count). The van der Waals surface area contributed by atoms with Gasteiger partial charge >= 0.3 is 0 Å². The van der Waals surface area contributed by atoms with Gasteiger partial charge in [-0.2, -0.15) is 0 Å². The van der Waals surface area contributed by atoms with Crippen LogP contribution in [0.1, 0.15) is 24.0 Å². The zero-order chi connectivity index (χ0) is 15.4. The smallest absolute Gasteiger partial charge is 0.222 e. The van der Waals surface area contributed by atoms with Crippen LogP contribution in [0.4, 0.5) is 0 Å². The number of aryl methyl sites for hydroxylation is 2. The van der Waals surface area contributed by atoms with E-state index in [-0.39, 0.29) is 12.4 Å². The molecule has 0 spiro atoms. The number of halogens is 1. The van der Waals surface area contributed by atoms with Gasteiger partial charge in [-0.25, -0.2) is 0 Å². The summed E-state index contributed by atoms with van der Waals surface area (Å²) in [5.74, 6) is 0.320. The van der Waals surface area contributed by atoms with Crippen LogP contribution in [-0.4, -0.2) is 61.0 Å². The molecule has 0 bridgehead atoms. The number of nitrogens with one attached hydrogen (secondary N) is 1. The number of likely N-dealkylation sites (tertiary alicyclic amines) is 1. The predicted octanol–water partition coefficient (Wildman–Crippen LogP) is 1.86. The Morgan fingerprint density at radius 3 is 2.70 bits per heavy atom. The molecule has 128 valence electrons. The first-order valence-electron chi connectivity index (χ1n) is 8.51. The van der Waals surface area contributed by atoms with Gasteiger partial charge in [-0.3, -0.25) is 9.69 Å². The number of carbonyl (C=O) groups excluding carboxylic acids is 1. The lowest BCUT2D eigenvalue weighted by molar-refractivity contribution is -0.130. The van der Waals surface area contributed by atoms with E-state index in [1.54, 1.807) is 0 Å². The minimum atomic E-state index is 0. The van der Waals surface area contributed by atoms with E-state index in [9.17, 15) is 4.79 Å². The molecule has 0 aliphatic carbocycles. The van der Waals surface area contributed by atoms with Crippen molar-refractivity contribution in [1.82, 2.24) is 15.1 Å². The van der Waals surface area contributed by atoms with Crippen LogP contribution in [0, 0.1) is 6.92 Å². The summed E-state index contributed by atoms with van der Waals surface area (Å²) in [6.07, 6.45) is 2.63. The quantitative estimate of drug-likeness (QED) is 0.911. The first-order chi connectivity index (χ1) is 10.7. The molecule has 1 atom stereocenters. The molecule has 4 nitrogen and oxygen atoms in total. The summed E-state index contributed by atoms with van der Waals surface area (Å²) in [5.41, 5.74) is 2.59. The molecular formula is C18H28ClN3O. The lowest BCUT2D eigenvalue weighted by Crippen LogP contribution is -2.49. The van der Waals surface area contributed by atoms with E-state index in [0.717, 1.165) is 52.1 Å². The van der Waals surface area contributed by atoms with Gasteiger partial charge in [-0.05, 0) is 30.9 Å². The highest BCUT2D eigenvalue weighted by atomic mass is 35.5. The molecule has 1 N–H and O–H groups in total. The van der Waals surface area contributed by atoms with E-state index >= 15 is 0 Å². The number of benzene rings is 1. The average Bonchev–Trinajstić information content (AvgIpc) is 3.05. The molecule has 0 saturated carbocycles. The summed E-state index contributed by atoms with van der Waals surface area (Å²) >= 11 is 0. The fraction of sp³-hybridized carbons (Fsp3) is 0.611. The van der Waals surface area contributed by atoms with Crippen LogP contribution in [0.2, 0.25) is 0 Å². The van der Waals surface area contributed by atoms with Crippen LogP contribution in [0.25, 0.3) is 0 Å². The molecule has 2 aliphatic rings. The summed E-state index contributed by atoms with van der Waals surface area (Å²) in [7, 11) is 0. The molecule has 2 fully saturated rings. The number of amides is 1. The van der Waals surface area contributed by atoms with Crippen molar-refractivity contribution in [1.29, 1.82) is 0 Å². The van der Waals surface area contributed by atoms with Gasteiger partial charge in [-0.15, -0.1) is 12.4 Å². The van der Waals surface area contributed by atoms with Crippen molar-refractivity contribution in [2.75, 3.05) is 39.3 Å². The summed E-state index contributed by atoms with van der Waals surface area (Å²) < 4.78 is 0. The summed E-state index contributed by atoms with van der Waals surface area (Å²) in [5, 5.41) is 3.39. The van der Waals surface area contributed by atoms with Crippen molar-refractivity contribution in [2.24, 2.45) is 0 Å². The Balaban J connectivity index is 0.00000192. The SMILES string of the molecule is Cc1ccccc1CCC(=O)N1CCC(N2CCNCC2)C1.Cl. The minimum absolute atomic E-state index is 0. The van der Waals surface area contributed by atoms with E-state index in [2.05, 4.69) is 46.3 Å². The van der Waals surface area contributed by atoms with Crippen molar-refractivity contribution in [2.45, 2.75) is 32.2 Å². The minimum Gasteiger partial charge on any atom is -0.341 e. The molecule has 1 aromatic rings. The monoisotopic (exact) mass is 337 g/mol. The van der Waals surface area contributed by atoms with Gasteiger partial charge in [0.1, 0.15) is 0 Å². The van der Waals surface area contributed by atoms with Gasteiger partial charge in [-0.1, -0.05) is 24.3 Å². The molecule has 0 radical (unpaired) electrons. The van der Waals surface area contributed by atoms with Crippen LogP contribution >= 0.6 is 12.4 Å². The van der Waals surface area contributed by atoms with Crippen molar-refractivity contribution >= 4 is 18.3 Å². The Kier molecular flexibility index (Phi) is 6.88. The lowest BCUT2D eigenvalue weighted by Gasteiger charge is -2.32. The molecule has 2 saturated heterocycles. The van der Waals surface area contributed by atoms with E-state index in [1.807, 2.05) is 0 Å². The molecule has 5 heteroatoms. The maximum atomic E-state index is 12.5. The molecule has 1 aromatic carbocycles. The number of nitrogens with zero attached hydrogens (tertiary/aromatic N) is 2. The van der Waals surface area contributed by atoms with Crippen LogP contribution < -0.4 is 5.32 Å². The maximum absolute atomic E-state index is 12.5. The molecule has 2 aliphatic heterocycles. The fourth-order valence-electron chi connectivity index (χ4n) is 3.60. The second-order valence-corrected chi connectivity index (χ2v) is 6.49. The van der Waals surface area contributed by atoms with Gasteiger partial charge in [0.05, 0.1) is 0 Å². The molecule has 1 unspecified atom stereocenters. The van der Waals surface area contributed by atoms with Gasteiger partial charge in [0, 0.05) is 51.7 Å². The highest BCUT2D eigenvalue weighted by Gasteiger charge is 2.30. The van der Waals surface area contributed by atoms with Crippen LogP contribution in [0.5, 0.6) is 0 Å². The maximum Gasteiger partial charge on any atom is 0.222 e. The Morgan fingerprint density at radius 1 is 1.22 bits per heavy atom. The van der Waals surface area contributed by atoms with Gasteiger partial charge < -0.3 is 10.2 Å². The summed E-state index contributed by atoms with van der Waals surface area (Å²) in [4.78, 5) is 17.1. The van der Waals surface area contributed by atoms with Gasteiger partial charge in [0.15, 0.2) is 0 Å². The first-order valence-corrected chi connectivity index (χ1v) is 8.51. The topological polar surface area (TPSA) is 35.6 Å². The molecule has 1 amide bonds. The Hall–Kier alpha value is -1.10. The van der Waals surface area contributed by atoms with Crippen LogP contribution in [0.3, 0.4) is 0 Å². The standard InChI is InChI=1S/C18H27N3O.ClH/c1-15-4-2-3-5-16(15)6-7-18(22)21-11-8-17(14-21)20-12-9-19-10-13-20;/h2-5,17,19H,6-14H2,1H3;1H.